The molecule has 1 unspecified atom stereocenters. The van der Waals surface area contributed by atoms with Gasteiger partial charge in [-0.05, 0) is 74.3 Å². The zero-order valence-corrected chi connectivity index (χ0v) is 18.9. The molecule has 0 radical (unpaired) electrons. The summed E-state index contributed by atoms with van der Waals surface area (Å²) < 4.78 is 19.1. The highest BCUT2D eigenvalue weighted by atomic mass is 19.1. The predicted molar refractivity (Wildman–Crippen MR) is 122 cm³/mol. The second-order valence-electron chi connectivity index (χ2n) is 8.94. The number of nitrogens with zero attached hydrogens (tertiary/aromatic N) is 2. The summed E-state index contributed by atoms with van der Waals surface area (Å²) >= 11 is 0. The van der Waals surface area contributed by atoms with Crippen LogP contribution in [0.3, 0.4) is 0 Å². The Labute approximate surface area is 185 Å². The minimum Gasteiger partial charge on any atom is -0.493 e. The van der Waals surface area contributed by atoms with Gasteiger partial charge >= 0.3 is 0 Å². The maximum Gasteiger partial charge on any atom is 0.163 e. The average Bonchev–Trinajstić information content (AvgIpc) is 2.77. The first-order valence-electron chi connectivity index (χ1n) is 11.2. The number of hydrogen-bond donors (Lipinski definition) is 2. The van der Waals surface area contributed by atoms with Gasteiger partial charge in [-0.15, -0.1) is 0 Å². The molecule has 1 aliphatic heterocycles. The van der Waals surface area contributed by atoms with Gasteiger partial charge < -0.3 is 14.7 Å². The van der Waals surface area contributed by atoms with Crippen molar-refractivity contribution in [2.45, 2.75) is 52.2 Å². The number of aliphatic hydroxyl groups is 1. The van der Waals surface area contributed by atoms with E-state index < -0.39 is 6.35 Å². The molecule has 2 N–H and O–H groups in total. The fraction of sp³-hybridized carbons (Fsp3) is 0.520. The van der Waals surface area contributed by atoms with Crippen molar-refractivity contribution in [2.24, 2.45) is 5.92 Å². The zero-order chi connectivity index (χ0) is 22.2. The number of piperidine rings is 1. The molecule has 1 fully saturated rings. The molecule has 1 heterocycles. The summed E-state index contributed by atoms with van der Waals surface area (Å²) in [5.74, 6) is 1.11. The summed E-state index contributed by atoms with van der Waals surface area (Å²) in [4.78, 5) is 4.41. The van der Waals surface area contributed by atoms with E-state index in [1.54, 1.807) is 12.1 Å². The van der Waals surface area contributed by atoms with Crippen LogP contribution in [0.15, 0.2) is 48.5 Å². The molecule has 3 rings (SSSR count). The van der Waals surface area contributed by atoms with Gasteiger partial charge in [0.05, 0.1) is 6.61 Å². The van der Waals surface area contributed by atoms with Gasteiger partial charge in [0, 0.05) is 19.1 Å². The molecule has 0 saturated carbocycles. The molecule has 0 bridgehead atoms. The Balaban J connectivity index is 1.60. The molecule has 0 amide bonds. The predicted octanol–water partition coefficient (Wildman–Crippen LogP) is 3.82. The molecule has 31 heavy (non-hydrogen) atoms. The van der Waals surface area contributed by atoms with Gasteiger partial charge in [-0.2, -0.15) is 0 Å². The van der Waals surface area contributed by atoms with Crippen molar-refractivity contribution in [3.05, 3.63) is 65.5 Å². The number of ether oxygens (including phenoxy) is 1. The smallest absolute Gasteiger partial charge is 0.163 e. The van der Waals surface area contributed by atoms with E-state index in [1.165, 1.54) is 12.1 Å². The number of halogens is 1. The molecular weight excluding hydrogens is 393 g/mol. The standard InChI is InChI=1S/C25H36FN3O2/c1-19(2)18-31-24-10-6-20(7-11-24)16-27-25(30)29(23-12-14-28(3)15-13-23)17-21-4-8-22(26)9-5-21/h4-11,19,23,25,27,30H,12-18H2,1-3H3. The summed E-state index contributed by atoms with van der Waals surface area (Å²) in [6.07, 6.45) is 1.21. The summed E-state index contributed by atoms with van der Waals surface area (Å²) in [6, 6.07) is 14.8. The summed E-state index contributed by atoms with van der Waals surface area (Å²) in [6.45, 7) is 8.10. The number of aliphatic hydroxyl groups excluding tert-OH is 1. The number of likely N-dealkylation sites (tertiary alicyclic amines) is 1. The number of benzene rings is 2. The lowest BCUT2D eigenvalue weighted by atomic mass is 10.0. The Morgan fingerprint density at radius 3 is 2.29 bits per heavy atom. The van der Waals surface area contributed by atoms with E-state index in [4.69, 9.17) is 4.74 Å². The van der Waals surface area contributed by atoms with Gasteiger partial charge in [0.15, 0.2) is 6.35 Å². The maximum absolute atomic E-state index is 13.3. The van der Waals surface area contributed by atoms with E-state index in [-0.39, 0.29) is 11.9 Å². The summed E-state index contributed by atoms with van der Waals surface area (Å²) in [5, 5.41) is 14.3. The zero-order valence-electron chi connectivity index (χ0n) is 18.9. The van der Waals surface area contributed by atoms with Crippen LogP contribution < -0.4 is 10.1 Å². The Morgan fingerprint density at radius 1 is 1.06 bits per heavy atom. The average molecular weight is 430 g/mol. The van der Waals surface area contributed by atoms with E-state index in [0.717, 1.165) is 42.8 Å². The third-order valence-corrected chi connectivity index (χ3v) is 5.75. The third-order valence-electron chi connectivity index (χ3n) is 5.75. The molecule has 1 atom stereocenters. The normalized spacial score (nSPS) is 16.7. The Bertz CT molecular complexity index is 774. The van der Waals surface area contributed by atoms with Crippen molar-refractivity contribution in [3.63, 3.8) is 0 Å². The van der Waals surface area contributed by atoms with Crippen LogP contribution >= 0.6 is 0 Å². The van der Waals surface area contributed by atoms with Crippen LogP contribution in [0.1, 0.15) is 37.8 Å². The summed E-state index contributed by atoms with van der Waals surface area (Å²) in [7, 11) is 2.13. The van der Waals surface area contributed by atoms with Crippen molar-refractivity contribution in [1.82, 2.24) is 15.1 Å². The van der Waals surface area contributed by atoms with Crippen LogP contribution in [-0.4, -0.2) is 54.0 Å². The lowest BCUT2D eigenvalue weighted by molar-refractivity contribution is -0.0671. The van der Waals surface area contributed by atoms with Gasteiger partial charge in [0.1, 0.15) is 11.6 Å². The van der Waals surface area contributed by atoms with E-state index in [1.807, 2.05) is 24.3 Å². The molecule has 2 aromatic carbocycles. The van der Waals surface area contributed by atoms with Crippen molar-refractivity contribution in [1.29, 1.82) is 0 Å². The van der Waals surface area contributed by atoms with Gasteiger partial charge in [0.25, 0.3) is 0 Å². The van der Waals surface area contributed by atoms with Crippen LogP contribution in [0.25, 0.3) is 0 Å². The summed E-state index contributed by atoms with van der Waals surface area (Å²) in [5.41, 5.74) is 2.08. The van der Waals surface area contributed by atoms with E-state index >= 15 is 0 Å². The topological polar surface area (TPSA) is 48.0 Å². The highest BCUT2D eigenvalue weighted by Gasteiger charge is 2.27. The van der Waals surface area contributed by atoms with Crippen molar-refractivity contribution < 1.29 is 14.2 Å². The first-order chi connectivity index (χ1) is 14.9. The molecule has 0 aliphatic carbocycles. The molecular formula is C25H36FN3O2. The molecule has 6 heteroatoms. The monoisotopic (exact) mass is 429 g/mol. The minimum atomic E-state index is -0.782. The van der Waals surface area contributed by atoms with Crippen LogP contribution in [0, 0.1) is 11.7 Å². The quantitative estimate of drug-likeness (QED) is 0.563. The van der Waals surface area contributed by atoms with Crippen LogP contribution in [0.4, 0.5) is 4.39 Å². The molecule has 1 saturated heterocycles. The Kier molecular flexibility index (Phi) is 8.84. The van der Waals surface area contributed by atoms with Crippen molar-refractivity contribution in [2.75, 3.05) is 26.7 Å². The van der Waals surface area contributed by atoms with Crippen LogP contribution in [0.2, 0.25) is 0 Å². The highest BCUT2D eigenvalue weighted by molar-refractivity contribution is 5.27. The largest absolute Gasteiger partial charge is 0.493 e. The number of nitrogens with one attached hydrogen (secondary N) is 1. The van der Waals surface area contributed by atoms with Gasteiger partial charge in [-0.3, -0.25) is 10.2 Å². The van der Waals surface area contributed by atoms with Gasteiger partial charge in [-0.25, -0.2) is 4.39 Å². The molecule has 1 aliphatic rings. The first kappa shape index (κ1) is 23.7. The molecule has 5 nitrogen and oxygen atoms in total. The maximum atomic E-state index is 13.3. The van der Waals surface area contributed by atoms with Crippen molar-refractivity contribution >= 4 is 0 Å². The molecule has 170 valence electrons. The molecule has 0 aromatic heterocycles. The second kappa shape index (κ2) is 11.6. The first-order valence-corrected chi connectivity index (χ1v) is 11.2. The fourth-order valence-electron chi connectivity index (χ4n) is 3.84. The Morgan fingerprint density at radius 2 is 1.68 bits per heavy atom. The highest BCUT2D eigenvalue weighted by Crippen LogP contribution is 2.20. The lowest BCUT2D eigenvalue weighted by Gasteiger charge is -2.40. The van der Waals surface area contributed by atoms with Gasteiger partial charge in [0.2, 0.25) is 0 Å². The minimum absolute atomic E-state index is 0.242. The fourth-order valence-corrected chi connectivity index (χ4v) is 3.84. The van der Waals surface area contributed by atoms with E-state index in [2.05, 4.69) is 36.0 Å². The van der Waals surface area contributed by atoms with E-state index in [0.29, 0.717) is 25.6 Å². The third kappa shape index (κ3) is 7.58. The number of hydrogen-bond acceptors (Lipinski definition) is 5. The lowest BCUT2D eigenvalue weighted by Crippen LogP contribution is -2.53. The van der Waals surface area contributed by atoms with Crippen molar-refractivity contribution in [3.8, 4) is 5.75 Å². The SMILES string of the molecule is CC(C)COc1ccc(CNC(O)N(Cc2ccc(F)cc2)C2CCN(C)CC2)cc1. The molecule has 0 spiro atoms. The second-order valence-corrected chi connectivity index (χ2v) is 8.94. The van der Waals surface area contributed by atoms with Gasteiger partial charge in [-0.1, -0.05) is 38.1 Å². The van der Waals surface area contributed by atoms with Crippen LogP contribution in [0.5, 0.6) is 5.75 Å². The van der Waals surface area contributed by atoms with E-state index in [9.17, 15) is 9.50 Å². The Hall–Kier alpha value is -1.99. The van der Waals surface area contributed by atoms with Crippen LogP contribution in [-0.2, 0) is 13.1 Å². The number of rotatable bonds is 10. The molecule has 2 aromatic rings.